The highest BCUT2D eigenvalue weighted by molar-refractivity contribution is 9.10. The van der Waals surface area contributed by atoms with Gasteiger partial charge in [-0.1, -0.05) is 51.8 Å². The lowest BCUT2D eigenvalue weighted by Gasteiger charge is -2.37. The van der Waals surface area contributed by atoms with Gasteiger partial charge in [-0.05, 0) is 55.2 Å². The van der Waals surface area contributed by atoms with Crippen LogP contribution in [0.25, 0.3) is 0 Å². The minimum atomic E-state index is -0.542. The van der Waals surface area contributed by atoms with Crippen LogP contribution >= 0.6 is 27.5 Å². The number of carbonyl (C=O) groups excluding carboxylic acids is 1. The fraction of sp³-hybridized carbons (Fsp3) is 0.350. The largest absolute Gasteiger partial charge is 0.381 e. The maximum atomic E-state index is 13.3. The lowest BCUT2D eigenvalue weighted by molar-refractivity contribution is -0.131. The SMILES string of the molecule is CC(NC(=O)C1(c2ccc(Br)cc2)CCOCC1)c1ccc(Cl)cc1. The van der Waals surface area contributed by atoms with Gasteiger partial charge in [0.05, 0.1) is 11.5 Å². The molecule has 1 N–H and O–H groups in total. The van der Waals surface area contributed by atoms with Crippen LogP contribution in [0, 0.1) is 0 Å². The minimum Gasteiger partial charge on any atom is -0.381 e. The van der Waals surface area contributed by atoms with E-state index in [1.165, 1.54) is 0 Å². The van der Waals surface area contributed by atoms with E-state index in [1.54, 1.807) is 0 Å². The second-order valence-electron chi connectivity index (χ2n) is 6.45. The summed E-state index contributed by atoms with van der Waals surface area (Å²) >= 11 is 9.42. The Kier molecular flexibility index (Phi) is 5.82. The molecule has 132 valence electrons. The van der Waals surface area contributed by atoms with Gasteiger partial charge in [0, 0.05) is 22.7 Å². The normalized spacial score (nSPS) is 17.7. The molecule has 5 heteroatoms. The van der Waals surface area contributed by atoms with Crippen molar-refractivity contribution in [3.05, 3.63) is 69.2 Å². The van der Waals surface area contributed by atoms with Gasteiger partial charge in [0.15, 0.2) is 0 Å². The highest BCUT2D eigenvalue weighted by atomic mass is 79.9. The minimum absolute atomic E-state index is 0.0561. The molecule has 2 aromatic carbocycles. The predicted octanol–water partition coefficient (Wildman–Crippen LogP) is 5.03. The van der Waals surface area contributed by atoms with Crippen LogP contribution in [-0.2, 0) is 14.9 Å². The van der Waals surface area contributed by atoms with Gasteiger partial charge in [-0.2, -0.15) is 0 Å². The topological polar surface area (TPSA) is 38.3 Å². The fourth-order valence-corrected chi connectivity index (χ4v) is 3.70. The first-order chi connectivity index (χ1) is 12.0. The van der Waals surface area contributed by atoms with E-state index in [-0.39, 0.29) is 11.9 Å². The number of benzene rings is 2. The molecule has 25 heavy (non-hydrogen) atoms. The molecule has 0 spiro atoms. The third-order valence-corrected chi connectivity index (χ3v) is 5.68. The summed E-state index contributed by atoms with van der Waals surface area (Å²) in [7, 11) is 0. The molecule has 0 radical (unpaired) electrons. The highest BCUT2D eigenvalue weighted by Crippen LogP contribution is 2.36. The zero-order chi connectivity index (χ0) is 17.9. The van der Waals surface area contributed by atoms with Crippen molar-refractivity contribution < 1.29 is 9.53 Å². The Bertz CT molecular complexity index is 724. The van der Waals surface area contributed by atoms with Gasteiger partial charge in [0.25, 0.3) is 0 Å². The maximum Gasteiger partial charge on any atom is 0.231 e. The standard InChI is InChI=1S/C20H21BrClNO2/c1-14(15-2-8-18(22)9-3-15)23-19(24)20(10-12-25-13-11-20)16-4-6-17(21)7-5-16/h2-9,14H,10-13H2,1H3,(H,23,24). The molecular weight excluding hydrogens is 402 g/mol. The first kappa shape index (κ1) is 18.4. The van der Waals surface area contributed by atoms with Crippen molar-refractivity contribution in [3.8, 4) is 0 Å². The summed E-state index contributed by atoms with van der Waals surface area (Å²) in [6.45, 7) is 3.19. The zero-order valence-electron chi connectivity index (χ0n) is 14.1. The summed E-state index contributed by atoms with van der Waals surface area (Å²) in [6.07, 6.45) is 1.38. The summed E-state index contributed by atoms with van der Waals surface area (Å²) in [6, 6.07) is 15.5. The number of hydrogen-bond donors (Lipinski definition) is 1. The van der Waals surface area contributed by atoms with Gasteiger partial charge < -0.3 is 10.1 Å². The Balaban J connectivity index is 1.84. The van der Waals surface area contributed by atoms with Crippen molar-refractivity contribution in [2.45, 2.75) is 31.2 Å². The van der Waals surface area contributed by atoms with Crippen molar-refractivity contribution in [1.82, 2.24) is 5.32 Å². The molecule has 1 aliphatic rings. The molecule has 1 atom stereocenters. The number of hydrogen-bond acceptors (Lipinski definition) is 2. The van der Waals surface area contributed by atoms with Crippen LogP contribution in [0.15, 0.2) is 53.0 Å². The Hall–Kier alpha value is -1.36. The third-order valence-electron chi connectivity index (χ3n) is 4.90. The lowest BCUT2D eigenvalue weighted by atomic mass is 9.73. The van der Waals surface area contributed by atoms with Crippen LogP contribution in [0.2, 0.25) is 5.02 Å². The van der Waals surface area contributed by atoms with Gasteiger partial charge in [0.1, 0.15) is 0 Å². The van der Waals surface area contributed by atoms with E-state index in [2.05, 4.69) is 21.2 Å². The van der Waals surface area contributed by atoms with Gasteiger partial charge >= 0.3 is 0 Å². The van der Waals surface area contributed by atoms with Crippen molar-refractivity contribution >= 4 is 33.4 Å². The first-order valence-electron chi connectivity index (χ1n) is 8.41. The van der Waals surface area contributed by atoms with E-state index in [4.69, 9.17) is 16.3 Å². The highest BCUT2D eigenvalue weighted by Gasteiger charge is 2.42. The van der Waals surface area contributed by atoms with Gasteiger partial charge in [0.2, 0.25) is 5.91 Å². The molecular formula is C20H21BrClNO2. The summed E-state index contributed by atoms with van der Waals surface area (Å²) in [4.78, 5) is 13.3. The number of amides is 1. The van der Waals surface area contributed by atoms with Crippen LogP contribution in [0.5, 0.6) is 0 Å². The second-order valence-corrected chi connectivity index (χ2v) is 7.80. The summed E-state index contributed by atoms with van der Waals surface area (Å²) in [5.41, 5.74) is 1.54. The maximum absolute atomic E-state index is 13.3. The molecule has 1 fully saturated rings. The number of nitrogens with one attached hydrogen (secondary N) is 1. The molecule has 0 aromatic heterocycles. The van der Waals surface area contributed by atoms with E-state index in [0.717, 1.165) is 15.6 Å². The van der Waals surface area contributed by atoms with Crippen molar-refractivity contribution in [1.29, 1.82) is 0 Å². The fourth-order valence-electron chi connectivity index (χ4n) is 3.31. The monoisotopic (exact) mass is 421 g/mol. The predicted molar refractivity (Wildman–Crippen MR) is 104 cm³/mol. The Labute approximate surface area is 161 Å². The van der Waals surface area contributed by atoms with Crippen LogP contribution < -0.4 is 5.32 Å². The molecule has 0 saturated carbocycles. The number of halogens is 2. The average molecular weight is 423 g/mol. The third kappa shape index (κ3) is 4.08. The molecule has 0 bridgehead atoms. The smallest absolute Gasteiger partial charge is 0.231 e. The van der Waals surface area contributed by atoms with Crippen molar-refractivity contribution in [2.24, 2.45) is 0 Å². The molecule has 1 saturated heterocycles. The summed E-state index contributed by atoms with van der Waals surface area (Å²) in [5.74, 6) is 0.0561. The lowest BCUT2D eigenvalue weighted by Crippen LogP contribution is -2.48. The molecule has 1 heterocycles. The van der Waals surface area contributed by atoms with Crippen LogP contribution in [0.1, 0.15) is 36.9 Å². The molecule has 1 aliphatic heterocycles. The van der Waals surface area contributed by atoms with Crippen molar-refractivity contribution in [3.63, 3.8) is 0 Å². The van der Waals surface area contributed by atoms with Crippen LogP contribution in [0.4, 0.5) is 0 Å². The quantitative estimate of drug-likeness (QED) is 0.750. The van der Waals surface area contributed by atoms with E-state index < -0.39 is 5.41 Å². The van der Waals surface area contributed by atoms with Gasteiger partial charge in [-0.3, -0.25) is 4.79 Å². The van der Waals surface area contributed by atoms with Crippen LogP contribution in [0.3, 0.4) is 0 Å². The van der Waals surface area contributed by atoms with Crippen LogP contribution in [-0.4, -0.2) is 19.1 Å². The number of carbonyl (C=O) groups is 1. The molecule has 1 amide bonds. The van der Waals surface area contributed by atoms with E-state index >= 15 is 0 Å². The van der Waals surface area contributed by atoms with E-state index in [1.807, 2.05) is 55.5 Å². The van der Waals surface area contributed by atoms with Gasteiger partial charge in [-0.25, -0.2) is 0 Å². The molecule has 0 aliphatic carbocycles. The zero-order valence-corrected chi connectivity index (χ0v) is 16.4. The Morgan fingerprint density at radius 3 is 2.32 bits per heavy atom. The second kappa shape index (κ2) is 7.90. The van der Waals surface area contributed by atoms with E-state index in [0.29, 0.717) is 31.1 Å². The molecule has 1 unspecified atom stereocenters. The number of ether oxygens (including phenoxy) is 1. The first-order valence-corrected chi connectivity index (χ1v) is 9.58. The Morgan fingerprint density at radius 1 is 1.12 bits per heavy atom. The molecule has 3 nitrogen and oxygen atoms in total. The van der Waals surface area contributed by atoms with E-state index in [9.17, 15) is 4.79 Å². The summed E-state index contributed by atoms with van der Waals surface area (Å²) < 4.78 is 6.53. The molecule has 2 aromatic rings. The molecule has 3 rings (SSSR count). The summed E-state index contributed by atoms with van der Waals surface area (Å²) in [5, 5.41) is 3.88. The average Bonchev–Trinajstić information content (AvgIpc) is 2.63. The Morgan fingerprint density at radius 2 is 1.72 bits per heavy atom. The van der Waals surface area contributed by atoms with Gasteiger partial charge in [-0.15, -0.1) is 0 Å². The number of rotatable bonds is 4. The van der Waals surface area contributed by atoms with Crippen molar-refractivity contribution in [2.75, 3.05) is 13.2 Å².